The van der Waals surface area contributed by atoms with Crippen LogP contribution in [0.2, 0.25) is 0 Å². The summed E-state index contributed by atoms with van der Waals surface area (Å²) < 4.78 is 198. The van der Waals surface area contributed by atoms with Gasteiger partial charge in [-0.3, -0.25) is 0 Å². The number of benzene rings is 9. The van der Waals surface area contributed by atoms with Crippen molar-refractivity contribution in [3.63, 3.8) is 0 Å². The second-order valence-electron chi connectivity index (χ2n) is 13.8. The van der Waals surface area contributed by atoms with Crippen molar-refractivity contribution in [2.24, 2.45) is 0 Å². The summed E-state index contributed by atoms with van der Waals surface area (Å²) in [6.07, 6.45) is 0. The van der Waals surface area contributed by atoms with Crippen molar-refractivity contribution in [2.75, 3.05) is 0 Å². The molecule has 0 bridgehead atoms. The molecule has 270 valence electrons. The van der Waals surface area contributed by atoms with Gasteiger partial charge < -0.3 is 18.3 Å². The van der Waals surface area contributed by atoms with Gasteiger partial charge in [0.1, 0.15) is 0 Å². The molecule has 0 saturated carbocycles. The molecular formula is C54H34N4. The molecule has 58 heavy (non-hydrogen) atoms. The molecule has 0 aliphatic rings. The van der Waals surface area contributed by atoms with E-state index in [1.807, 2.05) is 0 Å². The molecule has 4 heteroatoms. The molecule has 0 atom stereocenters. The predicted octanol–water partition coefficient (Wildman–Crippen LogP) is 14.0. The van der Waals surface area contributed by atoms with Crippen molar-refractivity contribution in [3.8, 4) is 33.9 Å². The van der Waals surface area contributed by atoms with Crippen LogP contribution in [-0.2, 0) is 0 Å². The van der Waals surface area contributed by atoms with Crippen molar-refractivity contribution in [1.29, 1.82) is 0 Å². The summed E-state index contributed by atoms with van der Waals surface area (Å²) in [6, 6.07) is 9.70. The molecule has 0 fully saturated rings. The van der Waals surface area contributed by atoms with E-state index in [4.69, 9.17) is 16.4 Å². The largest absolute Gasteiger partial charge is 0.309 e. The summed E-state index contributed by atoms with van der Waals surface area (Å²) >= 11 is 0. The van der Waals surface area contributed by atoms with E-state index in [9.17, 15) is 12.3 Å². The molecular weight excluding hydrogens is 705 g/mol. The highest BCUT2D eigenvalue weighted by molar-refractivity contribution is 6.25. The molecule has 0 spiro atoms. The topological polar surface area (TPSA) is 19.7 Å². The maximum Gasteiger partial charge on any atom is 0.0652 e. The summed E-state index contributed by atoms with van der Waals surface area (Å²) in [5.74, 6) is 0. The number of nitrogens with zero attached hydrogens (tertiary/aromatic N) is 4. The zero-order valence-electron chi connectivity index (χ0n) is 50.8. The van der Waals surface area contributed by atoms with E-state index in [0.29, 0.717) is 33.3 Å². The minimum atomic E-state index is -0.765. The van der Waals surface area contributed by atoms with Crippen LogP contribution in [0, 0.1) is 0 Å². The molecule has 13 aromatic rings. The first-order valence-electron chi connectivity index (χ1n) is 28.7. The minimum absolute atomic E-state index is 0.142. The normalized spacial score (nSPS) is 17.2. The second-order valence-corrected chi connectivity index (χ2v) is 13.8. The van der Waals surface area contributed by atoms with Gasteiger partial charge in [-0.2, -0.15) is 0 Å². The molecule has 0 aliphatic carbocycles. The molecule has 9 aromatic carbocycles. The first-order chi connectivity index (χ1) is 37.6. The average Bonchev–Trinajstić information content (AvgIpc) is 3.76. The highest BCUT2D eigenvalue weighted by Crippen LogP contribution is 2.44. The van der Waals surface area contributed by atoms with Gasteiger partial charge >= 0.3 is 0 Å². The number of aromatic nitrogens is 4. The lowest BCUT2D eigenvalue weighted by molar-refractivity contribution is 1.15. The lowest BCUT2D eigenvalue weighted by atomic mass is 10.0. The van der Waals surface area contributed by atoms with Crippen molar-refractivity contribution >= 4 is 76.5 Å². The summed E-state index contributed by atoms with van der Waals surface area (Å²) in [5, 5.41) is -0.558. The maximum atomic E-state index is 10.1. The Kier molecular flexibility index (Phi) is 3.58. The Labute approximate surface area is 363 Å². The molecule has 0 unspecified atom stereocenters. The molecule has 0 aliphatic heterocycles. The number of para-hydroxylation sites is 5. The van der Waals surface area contributed by atoms with Gasteiger partial charge in [0.15, 0.2) is 0 Å². The molecule has 4 nitrogen and oxygen atoms in total. The summed E-state index contributed by atoms with van der Waals surface area (Å²) in [7, 11) is 0. The van der Waals surface area contributed by atoms with Crippen LogP contribution >= 0.6 is 0 Å². The third-order valence-electron chi connectivity index (χ3n) is 10.8. The number of hydrogen-bond acceptors (Lipinski definition) is 0. The third kappa shape index (κ3) is 4.23. The van der Waals surface area contributed by atoms with E-state index in [0.717, 1.165) is 4.57 Å². The average molecular weight is 760 g/mol. The van der Waals surface area contributed by atoms with Gasteiger partial charge in [0.2, 0.25) is 0 Å². The van der Waals surface area contributed by atoms with E-state index < -0.39 is 119 Å². The van der Waals surface area contributed by atoms with Crippen LogP contribution in [0.4, 0.5) is 0 Å². The van der Waals surface area contributed by atoms with Gasteiger partial charge in [0.25, 0.3) is 0 Å². The molecule has 13 rings (SSSR count). The van der Waals surface area contributed by atoms with Crippen molar-refractivity contribution in [3.05, 3.63) is 206 Å². The smallest absolute Gasteiger partial charge is 0.0652 e. The minimum Gasteiger partial charge on any atom is -0.309 e. The first-order valence-corrected chi connectivity index (χ1v) is 18.2. The van der Waals surface area contributed by atoms with Crippen LogP contribution in [-0.4, -0.2) is 18.3 Å². The van der Waals surface area contributed by atoms with E-state index in [2.05, 4.69) is 0 Å². The molecule has 4 aromatic heterocycles. The fourth-order valence-corrected chi connectivity index (χ4v) is 8.46. The van der Waals surface area contributed by atoms with Gasteiger partial charge in [-0.1, -0.05) is 115 Å². The summed E-state index contributed by atoms with van der Waals surface area (Å²) in [6.45, 7) is 0. The van der Waals surface area contributed by atoms with Gasteiger partial charge in [0, 0.05) is 54.9 Å². The van der Waals surface area contributed by atoms with Gasteiger partial charge in [-0.05, 0) is 96.3 Å². The number of fused-ring (bicyclic) bond motifs is 6. The van der Waals surface area contributed by atoms with Crippen molar-refractivity contribution in [2.45, 2.75) is 0 Å². The lowest BCUT2D eigenvalue weighted by Crippen LogP contribution is -1.99. The van der Waals surface area contributed by atoms with Crippen LogP contribution in [0.15, 0.2) is 206 Å². The van der Waals surface area contributed by atoms with Crippen LogP contribution in [0.5, 0.6) is 0 Å². The van der Waals surface area contributed by atoms with Crippen LogP contribution in [0.25, 0.3) is 110 Å². The van der Waals surface area contributed by atoms with Gasteiger partial charge in [-0.25, -0.2) is 0 Å². The summed E-state index contributed by atoms with van der Waals surface area (Å²) in [4.78, 5) is 0. The van der Waals surface area contributed by atoms with E-state index >= 15 is 0 Å². The SMILES string of the molecule is [2H]c1c([2H])c([2H])c2c(c1[2H])c1c([2H])c(-n3c4c([2H])c([2H])c([2H])c([2H])c4c4c([2H])c([2H])c([2H])c([2H])c43)c([2H])c([2H])c1n2-c1ccccc1-c1cccc(-n2c3c([2H])c([2H])c([2H])c4c3c3c(c([2H])c([2H])c([2H])c32)n4-c2ccccc2)c1. The molecule has 0 radical (unpaired) electrons. The zero-order chi connectivity index (χ0) is 56.2. The maximum absolute atomic E-state index is 10.1. The van der Waals surface area contributed by atoms with Crippen LogP contribution in [0.3, 0.4) is 0 Å². The van der Waals surface area contributed by atoms with Crippen molar-refractivity contribution < 1.29 is 28.8 Å². The number of rotatable bonds is 5. The number of hydrogen-bond donors (Lipinski definition) is 0. The Bertz CT molecular complexity index is 4810. The highest BCUT2D eigenvalue weighted by atomic mass is 15.0. The Balaban J connectivity index is 1.13. The molecule has 0 amide bonds. The quantitative estimate of drug-likeness (QED) is 0.167. The molecule has 0 N–H and O–H groups in total. The monoisotopic (exact) mass is 759 g/mol. The second kappa shape index (κ2) is 11.8. The fraction of sp³-hybridized carbons (Fsp3) is 0. The van der Waals surface area contributed by atoms with Crippen LogP contribution in [0.1, 0.15) is 28.8 Å². The first kappa shape index (κ1) is 17.5. The summed E-state index contributed by atoms with van der Waals surface area (Å²) in [5.41, 5.74) is 0.642. The predicted molar refractivity (Wildman–Crippen MR) is 243 cm³/mol. The van der Waals surface area contributed by atoms with Crippen molar-refractivity contribution in [1.82, 2.24) is 18.3 Å². The van der Waals surface area contributed by atoms with Crippen LogP contribution < -0.4 is 0 Å². The Morgan fingerprint density at radius 1 is 0.328 bits per heavy atom. The highest BCUT2D eigenvalue weighted by Gasteiger charge is 2.23. The third-order valence-corrected chi connectivity index (χ3v) is 10.8. The van der Waals surface area contributed by atoms with Gasteiger partial charge in [-0.15, -0.1) is 0 Å². The molecule has 4 heterocycles. The molecule has 0 saturated heterocycles. The van der Waals surface area contributed by atoms with E-state index in [1.165, 1.54) is 4.57 Å². The van der Waals surface area contributed by atoms with E-state index in [1.54, 1.807) is 88.0 Å². The zero-order valence-corrected chi connectivity index (χ0v) is 29.8. The fourth-order valence-electron chi connectivity index (χ4n) is 8.46. The Morgan fingerprint density at radius 2 is 0.810 bits per heavy atom. The standard InChI is InChI=1S/C54H34N4/c1-2-16-36(17-3-1)55-49-27-13-29-51-53(49)54-50(55)28-14-30-52(54)57(51)37-18-12-15-35(33-37)39-19-4-8-23-44(39)58-47-26-11-7-22-42(47)43-34-38(31-32-48(43)58)56-45-24-9-5-20-40(45)41-21-6-10-25-46(41)56/h1-34H/i5D,6D,7D,9D,10D,11D,13D,14D,20D,21D,22D,24D,25D,26D,27D,28D,29D,30D,31D,32D,34D. The Morgan fingerprint density at radius 3 is 1.47 bits per heavy atom. The van der Waals surface area contributed by atoms with Gasteiger partial charge in [0.05, 0.1) is 78.6 Å². The lowest BCUT2D eigenvalue weighted by Gasteiger charge is -2.16. The Hall–Kier alpha value is -7.82. The van der Waals surface area contributed by atoms with E-state index in [-0.39, 0.29) is 84.5 Å².